The number of halogens is 7. The summed E-state index contributed by atoms with van der Waals surface area (Å²) in [7, 11) is 0. The summed E-state index contributed by atoms with van der Waals surface area (Å²) in [6.07, 6.45) is 3.20. The van der Waals surface area contributed by atoms with Crippen LogP contribution in [0.15, 0.2) is 24.3 Å². The number of hydrogen-bond acceptors (Lipinski definition) is 0. The molecule has 30 heavy (non-hydrogen) atoms. The molecule has 0 heterocycles. The highest BCUT2D eigenvalue weighted by atomic mass is 19.4. The number of alkyl halides is 5. The van der Waals surface area contributed by atoms with Crippen LogP contribution in [-0.4, -0.2) is 6.43 Å². The normalized spacial score (nSPS) is 28.4. The van der Waals surface area contributed by atoms with E-state index < -0.39 is 29.8 Å². The maximum absolute atomic E-state index is 13.9. The average molecular weight is 436 g/mol. The van der Waals surface area contributed by atoms with Crippen LogP contribution in [0.3, 0.4) is 0 Å². The average Bonchev–Trinajstić information content (AvgIpc) is 2.67. The van der Waals surface area contributed by atoms with Crippen molar-refractivity contribution in [1.29, 1.82) is 0 Å². The summed E-state index contributed by atoms with van der Waals surface area (Å²) in [5.74, 6) is -1.78. The molecule has 2 aliphatic rings. The molecule has 168 valence electrons. The third kappa shape index (κ3) is 5.79. The van der Waals surface area contributed by atoms with Gasteiger partial charge in [-0.2, -0.15) is 13.2 Å². The molecule has 1 aromatic carbocycles. The van der Waals surface area contributed by atoms with Crippen LogP contribution in [0.4, 0.5) is 30.7 Å². The molecule has 0 unspecified atom stereocenters. The molecule has 0 N–H and O–H groups in total. The lowest BCUT2D eigenvalue weighted by Gasteiger charge is -2.37. The minimum atomic E-state index is -5.04. The second kappa shape index (κ2) is 9.73. The van der Waals surface area contributed by atoms with E-state index in [-0.39, 0.29) is 12.3 Å². The summed E-state index contributed by atoms with van der Waals surface area (Å²) in [6, 6.07) is 1.68. The first kappa shape index (κ1) is 23.1. The summed E-state index contributed by atoms with van der Waals surface area (Å²) in [5.41, 5.74) is -1.51. The van der Waals surface area contributed by atoms with E-state index >= 15 is 0 Å². The van der Waals surface area contributed by atoms with Crippen molar-refractivity contribution in [1.82, 2.24) is 0 Å². The Morgan fingerprint density at radius 3 is 1.80 bits per heavy atom. The van der Waals surface area contributed by atoms with Gasteiger partial charge in [0.15, 0.2) is 0 Å². The second-order valence-corrected chi connectivity index (χ2v) is 8.70. The maximum atomic E-state index is 13.9. The van der Waals surface area contributed by atoms with Crippen LogP contribution in [0, 0.1) is 29.4 Å². The van der Waals surface area contributed by atoms with Crippen molar-refractivity contribution >= 4 is 0 Å². The zero-order valence-electron chi connectivity index (χ0n) is 16.7. The van der Waals surface area contributed by atoms with Crippen LogP contribution in [0.2, 0.25) is 0 Å². The monoisotopic (exact) mass is 436 g/mol. The van der Waals surface area contributed by atoms with Crippen LogP contribution >= 0.6 is 0 Å². The van der Waals surface area contributed by atoms with E-state index in [1.54, 1.807) is 6.08 Å². The molecule has 0 aromatic heterocycles. The van der Waals surface area contributed by atoms with Gasteiger partial charge in [-0.3, -0.25) is 0 Å². The lowest BCUT2D eigenvalue weighted by molar-refractivity contribution is -0.142. The number of rotatable bonds is 5. The lowest BCUT2D eigenvalue weighted by Crippen LogP contribution is -2.25. The van der Waals surface area contributed by atoms with Gasteiger partial charge in [-0.1, -0.05) is 12.2 Å². The van der Waals surface area contributed by atoms with E-state index in [0.29, 0.717) is 36.2 Å². The Bertz CT molecular complexity index is 699. The van der Waals surface area contributed by atoms with Gasteiger partial charge in [0.05, 0.1) is 0 Å². The molecule has 7 heteroatoms. The summed E-state index contributed by atoms with van der Waals surface area (Å²) < 4.78 is 90.5. The Morgan fingerprint density at radius 2 is 1.33 bits per heavy atom. The summed E-state index contributed by atoms with van der Waals surface area (Å²) in [6.45, 7) is 0. The van der Waals surface area contributed by atoms with E-state index in [4.69, 9.17) is 0 Å². The van der Waals surface area contributed by atoms with Crippen molar-refractivity contribution in [2.24, 2.45) is 17.8 Å². The van der Waals surface area contributed by atoms with Crippen LogP contribution < -0.4 is 0 Å². The number of benzene rings is 1. The van der Waals surface area contributed by atoms with E-state index in [1.807, 2.05) is 6.08 Å². The largest absolute Gasteiger partial charge is 0.422 e. The Morgan fingerprint density at radius 1 is 0.833 bits per heavy atom. The Labute approximate surface area is 172 Å². The van der Waals surface area contributed by atoms with Gasteiger partial charge in [0.2, 0.25) is 6.43 Å². The van der Waals surface area contributed by atoms with Gasteiger partial charge in [-0.05, 0) is 92.7 Å². The summed E-state index contributed by atoms with van der Waals surface area (Å²) in [5, 5.41) is 0. The standard InChI is InChI=1S/C23H27F7/c24-19-12-18(13-20(25)22(19)23(28,29)30)17-10-8-16(9-11-17)15-6-4-14(5-7-15)2-1-3-21(26)27/h1-2,12-17,21H,3-11H2/b2-1+/t14-,15-,16?,17?. The van der Waals surface area contributed by atoms with E-state index in [2.05, 4.69) is 0 Å². The molecule has 0 bridgehead atoms. The fourth-order valence-corrected chi connectivity index (χ4v) is 5.21. The molecule has 0 spiro atoms. The minimum absolute atomic E-state index is 0.124. The highest BCUT2D eigenvalue weighted by Gasteiger charge is 2.39. The van der Waals surface area contributed by atoms with Gasteiger partial charge in [0.25, 0.3) is 0 Å². The zero-order valence-corrected chi connectivity index (χ0v) is 16.7. The highest BCUT2D eigenvalue weighted by Crippen LogP contribution is 2.45. The Kier molecular flexibility index (Phi) is 7.51. The smallest absolute Gasteiger partial charge is 0.210 e. The Hall–Kier alpha value is -1.53. The van der Waals surface area contributed by atoms with Crippen LogP contribution in [0.1, 0.15) is 74.8 Å². The van der Waals surface area contributed by atoms with Crippen molar-refractivity contribution in [2.75, 3.05) is 0 Å². The molecule has 2 fully saturated rings. The van der Waals surface area contributed by atoms with Crippen LogP contribution in [-0.2, 0) is 6.18 Å². The molecule has 2 saturated carbocycles. The molecule has 2 aliphatic carbocycles. The van der Waals surface area contributed by atoms with E-state index in [1.165, 1.54) is 0 Å². The fraction of sp³-hybridized carbons (Fsp3) is 0.652. The van der Waals surface area contributed by atoms with Crippen LogP contribution in [0.25, 0.3) is 0 Å². The Balaban J connectivity index is 1.52. The predicted octanol–water partition coefficient (Wildman–Crippen LogP) is 8.28. The number of hydrogen-bond donors (Lipinski definition) is 0. The van der Waals surface area contributed by atoms with Gasteiger partial charge >= 0.3 is 6.18 Å². The third-order valence-corrected chi connectivity index (χ3v) is 6.80. The lowest BCUT2D eigenvalue weighted by atomic mass is 9.68. The minimum Gasteiger partial charge on any atom is -0.210 e. The first-order valence-corrected chi connectivity index (χ1v) is 10.7. The molecular weight excluding hydrogens is 409 g/mol. The van der Waals surface area contributed by atoms with Gasteiger partial charge < -0.3 is 0 Å². The molecule has 0 nitrogen and oxygen atoms in total. The maximum Gasteiger partial charge on any atom is 0.422 e. The van der Waals surface area contributed by atoms with Crippen molar-refractivity contribution in [3.05, 3.63) is 47.0 Å². The van der Waals surface area contributed by atoms with E-state index in [9.17, 15) is 30.7 Å². The van der Waals surface area contributed by atoms with Gasteiger partial charge in [-0.25, -0.2) is 17.6 Å². The highest BCUT2D eigenvalue weighted by molar-refractivity contribution is 5.30. The SMILES string of the molecule is Fc1cc(C2CCC([C@H]3CC[C@H](/C=C/CC(F)F)CC3)CC2)cc(F)c1C(F)(F)F. The zero-order chi connectivity index (χ0) is 21.9. The van der Waals surface area contributed by atoms with Crippen molar-refractivity contribution in [2.45, 2.75) is 76.3 Å². The van der Waals surface area contributed by atoms with Gasteiger partial charge in [0.1, 0.15) is 17.2 Å². The summed E-state index contributed by atoms with van der Waals surface area (Å²) >= 11 is 0. The predicted molar refractivity (Wildman–Crippen MR) is 101 cm³/mol. The van der Waals surface area contributed by atoms with Gasteiger partial charge in [0, 0.05) is 6.42 Å². The molecular formula is C23H27F7. The van der Waals surface area contributed by atoms with E-state index in [0.717, 1.165) is 50.7 Å². The molecule has 0 radical (unpaired) electrons. The van der Waals surface area contributed by atoms with Crippen molar-refractivity contribution in [3.8, 4) is 0 Å². The fourth-order valence-electron chi connectivity index (χ4n) is 5.21. The third-order valence-electron chi connectivity index (χ3n) is 6.80. The molecule has 3 rings (SSSR count). The van der Waals surface area contributed by atoms with Crippen molar-refractivity contribution in [3.63, 3.8) is 0 Å². The molecule has 0 atom stereocenters. The van der Waals surface area contributed by atoms with Gasteiger partial charge in [-0.15, -0.1) is 0 Å². The summed E-state index contributed by atoms with van der Waals surface area (Å²) in [4.78, 5) is 0. The second-order valence-electron chi connectivity index (χ2n) is 8.70. The first-order chi connectivity index (χ1) is 14.1. The van der Waals surface area contributed by atoms with Crippen molar-refractivity contribution < 1.29 is 30.7 Å². The molecule has 1 aromatic rings. The van der Waals surface area contributed by atoms with Crippen LogP contribution in [0.5, 0.6) is 0 Å². The molecule has 0 saturated heterocycles. The molecule has 0 amide bonds. The first-order valence-electron chi connectivity index (χ1n) is 10.7. The molecule has 0 aliphatic heterocycles. The quantitative estimate of drug-likeness (QED) is 0.322. The number of allylic oxidation sites excluding steroid dienone is 2. The topological polar surface area (TPSA) is 0 Å².